The number of rotatable bonds is 4. The fourth-order valence-corrected chi connectivity index (χ4v) is 2.86. The number of nitrogens with one attached hydrogen (secondary N) is 1. The molecule has 5 heteroatoms. The third kappa shape index (κ3) is 4.47. The zero-order chi connectivity index (χ0) is 16.8. The molecule has 1 saturated heterocycles. The molecule has 5 nitrogen and oxygen atoms in total. The average Bonchev–Trinajstić information content (AvgIpc) is 2.57. The highest BCUT2D eigenvalue weighted by Crippen LogP contribution is 2.24. The Morgan fingerprint density at radius 3 is 2.22 bits per heavy atom. The lowest BCUT2D eigenvalue weighted by Gasteiger charge is -2.32. The van der Waals surface area contributed by atoms with Crippen molar-refractivity contribution in [2.45, 2.75) is 33.6 Å². The number of carbonyl (C=O) groups is 2. The van der Waals surface area contributed by atoms with Gasteiger partial charge in [-0.25, -0.2) is 0 Å². The summed E-state index contributed by atoms with van der Waals surface area (Å²) in [5, 5.41) is 2.68. The van der Waals surface area contributed by atoms with Gasteiger partial charge in [0.25, 0.3) is 0 Å². The van der Waals surface area contributed by atoms with Crippen molar-refractivity contribution in [1.82, 2.24) is 4.90 Å². The van der Waals surface area contributed by atoms with Crippen molar-refractivity contribution in [3.8, 4) is 0 Å². The molecule has 0 aromatic heterocycles. The molecule has 2 amide bonds. The zero-order valence-electron chi connectivity index (χ0n) is 14.3. The maximum atomic E-state index is 12.0. The molecule has 0 atom stereocenters. The Bertz CT molecular complexity index is 530. The van der Waals surface area contributed by atoms with Crippen molar-refractivity contribution >= 4 is 23.2 Å². The van der Waals surface area contributed by atoms with Crippen LogP contribution >= 0.6 is 0 Å². The van der Waals surface area contributed by atoms with Crippen LogP contribution in [0, 0.1) is 5.92 Å². The van der Waals surface area contributed by atoms with Gasteiger partial charge in [-0.3, -0.25) is 9.59 Å². The Kier molecular flexibility index (Phi) is 6.02. The van der Waals surface area contributed by atoms with Gasteiger partial charge in [0, 0.05) is 37.6 Å². The first kappa shape index (κ1) is 17.3. The second-order valence-corrected chi connectivity index (χ2v) is 6.15. The molecular formula is C18H27N3O2. The van der Waals surface area contributed by atoms with Crippen LogP contribution in [0.4, 0.5) is 11.4 Å². The molecule has 1 fully saturated rings. The highest BCUT2D eigenvalue weighted by atomic mass is 16.2. The molecule has 0 spiro atoms. The minimum atomic E-state index is -0.576. The van der Waals surface area contributed by atoms with Crippen LogP contribution in [0.25, 0.3) is 0 Å². The second-order valence-electron chi connectivity index (χ2n) is 6.15. The number of carbonyl (C=O) groups excluding carboxylic acids is 2. The fourth-order valence-electron chi connectivity index (χ4n) is 2.86. The van der Waals surface area contributed by atoms with Crippen molar-refractivity contribution in [2.75, 3.05) is 36.4 Å². The lowest BCUT2D eigenvalue weighted by atomic mass is 9.99. The number of nitrogens with zero attached hydrogens (tertiary/aromatic N) is 2. The van der Waals surface area contributed by atoms with Crippen LogP contribution in [0.1, 0.15) is 33.6 Å². The summed E-state index contributed by atoms with van der Waals surface area (Å²) in [6, 6.07) is 7.74. The summed E-state index contributed by atoms with van der Waals surface area (Å²) in [6.45, 7) is 9.25. The van der Waals surface area contributed by atoms with Crippen LogP contribution in [0.3, 0.4) is 0 Å². The van der Waals surface area contributed by atoms with Crippen molar-refractivity contribution in [2.24, 2.45) is 5.92 Å². The summed E-state index contributed by atoms with van der Waals surface area (Å²) >= 11 is 0. The van der Waals surface area contributed by atoms with E-state index in [0.717, 1.165) is 19.0 Å². The average molecular weight is 317 g/mol. The van der Waals surface area contributed by atoms with Gasteiger partial charge < -0.3 is 15.1 Å². The Morgan fingerprint density at radius 1 is 1.13 bits per heavy atom. The number of piperidine rings is 1. The first-order chi connectivity index (χ1) is 11.0. The number of hydrogen-bond donors (Lipinski definition) is 1. The normalized spacial score (nSPS) is 15.3. The maximum Gasteiger partial charge on any atom is 0.313 e. The van der Waals surface area contributed by atoms with Gasteiger partial charge in [-0.1, -0.05) is 6.92 Å². The molecule has 23 heavy (non-hydrogen) atoms. The van der Waals surface area contributed by atoms with Crippen LogP contribution < -0.4 is 10.2 Å². The molecule has 1 aliphatic rings. The number of benzene rings is 1. The summed E-state index contributed by atoms with van der Waals surface area (Å²) in [6.07, 6.45) is 2.44. The van der Waals surface area contributed by atoms with E-state index in [0.29, 0.717) is 18.8 Å². The van der Waals surface area contributed by atoms with E-state index in [9.17, 15) is 9.59 Å². The van der Waals surface area contributed by atoms with Crippen molar-refractivity contribution in [1.29, 1.82) is 0 Å². The molecule has 0 aliphatic carbocycles. The fraction of sp³-hybridized carbons (Fsp3) is 0.556. The van der Waals surface area contributed by atoms with Gasteiger partial charge >= 0.3 is 11.8 Å². The predicted octanol–water partition coefficient (Wildman–Crippen LogP) is 2.73. The number of anilines is 2. The van der Waals surface area contributed by atoms with E-state index in [1.807, 2.05) is 38.1 Å². The van der Waals surface area contributed by atoms with Gasteiger partial charge in [0.1, 0.15) is 0 Å². The summed E-state index contributed by atoms with van der Waals surface area (Å²) in [5.74, 6) is -0.256. The second kappa shape index (κ2) is 7.99. The molecule has 0 unspecified atom stereocenters. The van der Waals surface area contributed by atoms with E-state index in [2.05, 4.69) is 17.1 Å². The van der Waals surface area contributed by atoms with Crippen molar-refractivity contribution < 1.29 is 9.59 Å². The minimum absolute atomic E-state index is 0.482. The Hall–Kier alpha value is -2.04. The monoisotopic (exact) mass is 317 g/mol. The number of amides is 2. The maximum absolute atomic E-state index is 12.0. The SMILES string of the molecule is CCN(CC)C(=O)C(=O)Nc1ccc(N2CCC(C)CC2)cc1. The van der Waals surface area contributed by atoms with E-state index in [4.69, 9.17) is 0 Å². The summed E-state index contributed by atoms with van der Waals surface area (Å²) < 4.78 is 0. The Balaban J connectivity index is 1.94. The van der Waals surface area contributed by atoms with Crippen molar-refractivity contribution in [3.63, 3.8) is 0 Å². The Morgan fingerprint density at radius 2 is 1.70 bits per heavy atom. The third-order valence-corrected chi connectivity index (χ3v) is 4.52. The molecule has 1 aromatic carbocycles. The van der Waals surface area contributed by atoms with Crippen molar-refractivity contribution in [3.05, 3.63) is 24.3 Å². The van der Waals surface area contributed by atoms with Gasteiger partial charge in [-0.2, -0.15) is 0 Å². The largest absolute Gasteiger partial charge is 0.372 e. The molecule has 1 N–H and O–H groups in total. The van der Waals surface area contributed by atoms with Crippen LogP contribution in [0.5, 0.6) is 0 Å². The Labute approximate surface area is 138 Å². The van der Waals surface area contributed by atoms with E-state index < -0.39 is 11.8 Å². The molecule has 0 saturated carbocycles. The lowest BCUT2D eigenvalue weighted by Crippen LogP contribution is -2.39. The third-order valence-electron chi connectivity index (χ3n) is 4.52. The molecule has 1 aliphatic heterocycles. The van der Waals surface area contributed by atoms with Gasteiger partial charge in [0.2, 0.25) is 0 Å². The molecule has 2 rings (SSSR count). The quantitative estimate of drug-likeness (QED) is 0.869. The van der Waals surface area contributed by atoms with Gasteiger partial charge in [0.05, 0.1) is 0 Å². The molecule has 0 radical (unpaired) electrons. The number of likely N-dealkylation sites (N-methyl/N-ethyl adjacent to an activating group) is 1. The molecule has 1 aromatic rings. The highest BCUT2D eigenvalue weighted by molar-refractivity contribution is 6.39. The van der Waals surface area contributed by atoms with Gasteiger partial charge in [-0.05, 0) is 56.9 Å². The van der Waals surface area contributed by atoms with E-state index in [-0.39, 0.29) is 0 Å². The van der Waals surface area contributed by atoms with E-state index in [1.165, 1.54) is 23.4 Å². The zero-order valence-corrected chi connectivity index (χ0v) is 14.3. The summed E-state index contributed by atoms with van der Waals surface area (Å²) in [5.41, 5.74) is 1.83. The van der Waals surface area contributed by atoms with E-state index >= 15 is 0 Å². The standard InChI is InChI=1S/C18H27N3O2/c1-4-20(5-2)18(23)17(22)19-15-6-8-16(9-7-15)21-12-10-14(3)11-13-21/h6-9,14H,4-5,10-13H2,1-3H3,(H,19,22). The predicted molar refractivity (Wildman–Crippen MR) is 93.6 cm³/mol. The molecule has 1 heterocycles. The lowest BCUT2D eigenvalue weighted by molar-refractivity contribution is -0.142. The summed E-state index contributed by atoms with van der Waals surface area (Å²) in [7, 11) is 0. The highest BCUT2D eigenvalue weighted by Gasteiger charge is 2.20. The smallest absolute Gasteiger partial charge is 0.313 e. The van der Waals surface area contributed by atoms with Crippen LogP contribution in [0.2, 0.25) is 0 Å². The van der Waals surface area contributed by atoms with Gasteiger partial charge in [-0.15, -0.1) is 0 Å². The molecular weight excluding hydrogens is 290 g/mol. The minimum Gasteiger partial charge on any atom is -0.372 e. The van der Waals surface area contributed by atoms with Crippen LogP contribution in [0.15, 0.2) is 24.3 Å². The number of hydrogen-bond acceptors (Lipinski definition) is 3. The van der Waals surface area contributed by atoms with Crippen LogP contribution in [-0.2, 0) is 9.59 Å². The molecule has 0 bridgehead atoms. The van der Waals surface area contributed by atoms with Gasteiger partial charge in [0.15, 0.2) is 0 Å². The van der Waals surface area contributed by atoms with Crippen LogP contribution in [-0.4, -0.2) is 42.9 Å². The first-order valence-corrected chi connectivity index (χ1v) is 8.50. The first-order valence-electron chi connectivity index (χ1n) is 8.50. The van der Waals surface area contributed by atoms with E-state index in [1.54, 1.807) is 0 Å². The molecule has 126 valence electrons. The summed E-state index contributed by atoms with van der Waals surface area (Å²) in [4.78, 5) is 27.8. The topological polar surface area (TPSA) is 52.7 Å².